The van der Waals surface area contributed by atoms with E-state index in [0.717, 1.165) is 0 Å². The van der Waals surface area contributed by atoms with Gasteiger partial charge in [0.25, 0.3) is 0 Å². The van der Waals surface area contributed by atoms with Crippen LogP contribution in [0.25, 0.3) is 11.1 Å². The molecule has 2 aromatic carbocycles. The van der Waals surface area contributed by atoms with E-state index in [1.54, 1.807) is 4.04 Å². The summed E-state index contributed by atoms with van der Waals surface area (Å²) in [6.07, 6.45) is 0. The number of hydrogen-bond acceptors (Lipinski definition) is 0. The van der Waals surface area contributed by atoms with Gasteiger partial charge in [0.05, 0.1) is 0 Å². The van der Waals surface area contributed by atoms with Gasteiger partial charge < -0.3 is 0 Å². The Morgan fingerprint density at radius 1 is 0.636 bits per heavy atom. The second-order valence-corrected chi connectivity index (χ2v) is 13.7. The summed E-state index contributed by atoms with van der Waals surface area (Å²) >= 11 is -0.909. The van der Waals surface area contributed by atoms with Crippen LogP contribution in [0.5, 0.6) is 0 Å². The van der Waals surface area contributed by atoms with Crippen molar-refractivity contribution < 1.29 is 16.8 Å². The first-order valence-corrected chi connectivity index (χ1v) is 9.79. The SMILES string of the molecule is C[C](C)(C)[Pd]([c]1ccccc1-c1ccccc1)[C](C)(C)C.P. The summed E-state index contributed by atoms with van der Waals surface area (Å²) in [7, 11) is 0. The van der Waals surface area contributed by atoms with E-state index in [1.165, 1.54) is 11.1 Å². The Bertz CT molecular complexity index is 577. The first-order valence-electron chi connectivity index (χ1n) is 7.46. The van der Waals surface area contributed by atoms with Crippen LogP contribution in [0.15, 0.2) is 54.6 Å². The van der Waals surface area contributed by atoms with Crippen LogP contribution in [0.2, 0.25) is 7.78 Å². The summed E-state index contributed by atoms with van der Waals surface area (Å²) in [4.78, 5) is 0. The summed E-state index contributed by atoms with van der Waals surface area (Å²) in [6, 6.07) is 19.8. The Balaban J connectivity index is 0.00000242. The molecule has 0 saturated heterocycles. The maximum Gasteiger partial charge on any atom is -0.153 e. The molecule has 2 rings (SSSR count). The topological polar surface area (TPSA) is 0 Å². The van der Waals surface area contributed by atoms with Crippen LogP contribution in [0, 0.1) is 0 Å². The van der Waals surface area contributed by atoms with E-state index in [2.05, 4.69) is 96.1 Å². The Labute approximate surface area is 145 Å². The molecule has 0 aromatic heterocycles. The van der Waals surface area contributed by atoms with Crippen molar-refractivity contribution in [1.82, 2.24) is 0 Å². The normalized spacial score (nSPS) is 12.5. The Kier molecular flexibility index (Phi) is 6.59. The molecule has 0 spiro atoms. The van der Waals surface area contributed by atoms with Gasteiger partial charge in [-0.3, -0.25) is 0 Å². The van der Waals surface area contributed by atoms with E-state index < -0.39 is 16.8 Å². The average Bonchev–Trinajstić information content (AvgIpc) is 2.37. The van der Waals surface area contributed by atoms with Crippen LogP contribution in [-0.2, 0) is 16.8 Å². The van der Waals surface area contributed by atoms with E-state index in [9.17, 15) is 0 Å². The van der Waals surface area contributed by atoms with E-state index in [-0.39, 0.29) is 9.90 Å². The van der Waals surface area contributed by atoms with Gasteiger partial charge in [-0.05, 0) is 0 Å². The smallest absolute Gasteiger partial charge is 0.153 e. The zero-order chi connectivity index (χ0) is 15.7. The monoisotopic (exact) mass is 407 g/mol. The van der Waals surface area contributed by atoms with Gasteiger partial charge in [0, 0.05) is 0 Å². The molecule has 2 aromatic rings. The minimum atomic E-state index is -0.909. The first kappa shape index (κ1) is 19.6. The van der Waals surface area contributed by atoms with E-state index in [0.29, 0.717) is 7.78 Å². The van der Waals surface area contributed by atoms with Gasteiger partial charge >= 0.3 is 136 Å². The quantitative estimate of drug-likeness (QED) is 0.417. The minimum absolute atomic E-state index is 0. The van der Waals surface area contributed by atoms with Crippen molar-refractivity contribution in [3.63, 3.8) is 0 Å². The molecular weight excluding hydrogens is 378 g/mol. The van der Waals surface area contributed by atoms with Crippen molar-refractivity contribution in [2.75, 3.05) is 0 Å². The molecule has 0 aliphatic rings. The summed E-state index contributed by atoms with van der Waals surface area (Å²) in [5.74, 6) is 0. The number of benzene rings is 2. The fraction of sp³-hybridized carbons (Fsp3) is 0.400. The van der Waals surface area contributed by atoms with Crippen molar-refractivity contribution in [3.8, 4) is 11.1 Å². The Morgan fingerprint density at radius 2 is 1.09 bits per heavy atom. The van der Waals surface area contributed by atoms with Crippen molar-refractivity contribution in [3.05, 3.63) is 54.6 Å². The van der Waals surface area contributed by atoms with Crippen molar-refractivity contribution in [2.45, 2.75) is 49.3 Å². The molecule has 1 unspecified atom stereocenters. The van der Waals surface area contributed by atoms with E-state index in [4.69, 9.17) is 0 Å². The Morgan fingerprint density at radius 3 is 1.59 bits per heavy atom. The molecule has 125 valence electrons. The molecular formula is C20H30PPd. The van der Waals surface area contributed by atoms with Crippen molar-refractivity contribution >= 4 is 13.9 Å². The molecule has 1 atom stereocenters. The second-order valence-electron chi connectivity index (χ2n) is 7.00. The largest absolute Gasteiger partial charge is 0.153 e. The van der Waals surface area contributed by atoms with E-state index in [1.807, 2.05) is 0 Å². The molecule has 0 saturated carbocycles. The predicted molar refractivity (Wildman–Crippen MR) is 102 cm³/mol. The molecule has 0 nitrogen and oxygen atoms in total. The zero-order valence-electron chi connectivity index (χ0n) is 14.7. The minimum Gasteiger partial charge on any atom is -0.153 e. The molecule has 0 heterocycles. The van der Waals surface area contributed by atoms with Gasteiger partial charge in [-0.15, -0.1) is 0 Å². The van der Waals surface area contributed by atoms with Gasteiger partial charge in [0.2, 0.25) is 0 Å². The standard InChI is InChI=1S/C12H9.2C4H9.H3P.Pd/c1-3-7-11(8-4-1)12-9-5-2-6-10-12;2*1-4(2)3;;/h1-9H;2*1-3H3;1H3;. The summed E-state index contributed by atoms with van der Waals surface area (Å²) in [5.41, 5.74) is 2.76. The van der Waals surface area contributed by atoms with Crippen LogP contribution in [0.1, 0.15) is 41.5 Å². The fourth-order valence-electron chi connectivity index (χ4n) is 2.65. The molecule has 0 fully saturated rings. The zero-order valence-corrected chi connectivity index (χ0v) is 17.7. The maximum absolute atomic E-state index is 2.40. The van der Waals surface area contributed by atoms with Crippen LogP contribution < -0.4 is 4.04 Å². The van der Waals surface area contributed by atoms with Gasteiger partial charge in [-0.25, -0.2) is 0 Å². The summed E-state index contributed by atoms with van der Waals surface area (Å²) in [6.45, 7) is 14.4. The van der Waals surface area contributed by atoms with Crippen LogP contribution in [-0.4, -0.2) is 0 Å². The van der Waals surface area contributed by atoms with Crippen LogP contribution in [0.3, 0.4) is 0 Å². The third-order valence-corrected chi connectivity index (χ3v) is 9.23. The average molecular weight is 408 g/mol. The van der Waals surface area contributed by atoms with E-state index >= 15 is 0 Å². The van der Waals surface area contributed by atoms with Gasteiger partial charge in [0.1, 0.15) is 0 Å². The molecule has 0 aliphatic carbocycles. The molecule has 0 radical (unpaired) electrons. The molecule has 0 aliphatic heterocycles. The van der Waals surface area contributed by atoms with Crippen LogP contribution >= 0.6 is 9.90 Å². The van der Waals surface area contributed by atoms with Crippen molar-refractivity contribution in [2.24, 2.45) is 0 Å². The van der Waals surface area contributed by atoms with Crippen LogP contribution in [0.4, 0.5) is 0 Å². The number of rotatable bonds is 2. The second kappa shape index (κ2) is 7.40. The fourth-order valence-corrected chi connectivity index (χ4v) is 9.84. The summed E-state index contributed by atoms with van der Waals surface area (Å²) < 4.78 is 2.26. The molecule has 2 heteroatoms. The third kappa shape index (κ3) is 4.52. The molecule has 0 amide bonds. The summed E-state index contributed by atoms with van der Waals surface area (Å²) in [5, 5.41) is 0. The molecule has 0 N–H and O–H groups in total. The van der Waals surface area contributed by atoms with Gasteiger partial charge in [0.15, 0.2) is 0 Å². The van der Waals surface area contributed by atoms with Gasteiger partial charge in [-0.1, -0.05) is 0 Å². The maximum atomic E-state index is 2.40. The Hall–Kier alpha value is -0.468. The van der Waals surface area contributed by atoms with Gasteiger partial charge in [-0.2, -0.15) is 9.90 Å². The van der Waals surface area contributed by atoms with Crippen molar-refractivity contribution in [1.29, 1.82) is 0 Å². The molecule has 22 heavy (non-hydrogen) atoms. The molecule has 0 bridgehead atoms. The first-order chi connectivity index (χ1) is 9.71. The predicted octanol–water partition coefficient (Wildman–Crippen LogP) is 6.09. The third-order valence-electron chi connectivity index (χ3n) is 3.05. The number of hydrogen-bond donors (Lipinski definition) is 0.